The lowest BCUT2D eigenvalue weighted by molar-refractivity contribution is -0.293. The van der Waals surface area contributed by atoms with E-state index < -0.39 is 122 Å². The molecule has 2 saturated heterocycles. The molecule has 0 aromatic carbocycles. The third kappa shape index (κ3) is 15.3. The van der Waals surface area contributed by atoms with Crippen LogP contribution < -0.4 is 56.5 Å². The summed E-state index contributed by atoms with van der Waals surface area (Å²) in [6, 6.07) is -4.83. The van der Waals surface area contributed by atoms with E-state index in [4.69, 9.17) is 74.3 Å². The minimum atomic E-state index is -1.36. The molecular formula is C40H80N10O14. The third-order valence-electron chi connectivity index (χ3n) is 12.7. The Morgan fingerprint density at radius 1 is 0.484 bits per heavy atom. The molecule has 2 aliphatic carbocycles. The predicted molar refractivity (Wildman–Crippen MR) is 230 cm³/mol. The molecule has 0 bridgehead atoms. The number of nitrogens with two attached hydrogens (primary N) is 8. The van der Waals surface area contributed by atoms with E-state index >= 15 is 0 Å². The lowest BCUT2D eigenvalue weighted by atomic mass is 9.84. The first-order valence-corrected chi connectivity index (χ1v) is 22.9. The minimum absolute atomic E-state index is 0.00951. The molecule has 20 atom stereocenters. The van der Waals surface area contributed by atoms with Gasteiger partial charge in [0.15, 0.2) is 12.6 Å². The maximum atomic E-state index is 12.3. The van der Waals surface area contributed by atoms with E-state index in [0.717, 1.165) is 38.5 Å². The van der Waals surface area contributed by atoms with Gasteiger partial charge in [-0.15, -0.1) is 0 Å². The average molecular weight is 925 g/mol. The highest BCUT2D eigenvalue weighted by molar-refractivity contribution is 5.83. The van der Waals surface area contributed by atoms with Crippen molar-refractivity contribution >= 4 is 11.8 Å². The van der Waals surface area contributed by atoms with Crippen molar-refractivity contribution in [3.8, 4) is 0 Å². The number of aliphatic hydroxyl groups is 6. The summed E-state index contributed by atoms with van der Waals surface area (Å²) in [6.45, 7) is 1.58. The Kier molecular flexibility index (Phi) is 23.3. The number of hydrogen-bond acceptors (Lipinski definition) is 22. The second kappa shape index (κ2) is 27.2. The van der Waals surface area contributed by atoms with Gasteiger partial charge >= 0.3 is 0 Å². The van der Waals surface area contributed by atoms with E-state index in [1.807, 2.05) is 0 Å². The first kappa shape index (κ1) is 54.7. The molecule has 0 aromatic heterocycles. The van der Waals surface area contributed by atoms with Gasteiger partial charge < -0.3 is 116 Å². The number of aliphatic hydroxyl groups excluding tert-OH is 6. The summed E-state index contributed by atoms with van der Waals surface area (Å²) in [5.41, 5.74) is 48.2. The van der Waals surface area contributed by atoms with Crippen LogP contribution in [0.5, 0.6) is 0 Å². The Hall–Kier alpha value is -1.86. The number of nitrogens with one attached hydrogen (secondary N) is 2. The second-order valence-corrected chi connectivity index (χ2v) is 17.7. The highest BCUT2D eigenvalue weighted by Gasteiger charge is 2.50. The van der Waals surface area contributed by atoms with E-state index in [1.54, 1.807) is 0 Å². The fourth-order valence-corrected chi connectivity index (χ4v) is 8.63. The zero-order valence-electron chi connectivity index (χ0n) is 36.8. The van der Waals surface area contributed by atoms with Gasteiger partial charge in [0.25, 0.3) is 0 Å². The lowest BCUT2D eigenvalue weighted by Crippen LogP contribution is -2.67. The number of rotatable bonds is 25. The molecule has 24 nitrogen and oxygen atoms in total. The Morgan fingerprint density at radius 2 is 0.844 bits per heavy atom. The molecule has 24 heteroatoms. The van der Waals surface area contributed by atoms with Gasteiger partial charge in [-0.1, -0.05) is 25.7 Å². The van der Waals surface area contributed by atoms with Crippen LogP contribution in [0.2, 0.25) is 0 Å². The van der Waals surface area contributed by atoms with Crippen LogP contribution >= 0.6 is 0 Å². The molecule has 4 rings (SSSR count). The number of carbonyl (C=O) groups is 2. The number of carbonyl (C=O) groups excluding carboxylic acids is 2. The fraction of sp³-hybridized carbons (Fsp3) is 0.950. The molecule has 0 aromatic rings. The van der Waals surface area contributed by atoms with Crippen LogP contribution in [0, 0.1) is 0 Å². The molecule has 2 heterocycles. The maximum absolute atomic E-state index is 12.3. The summed E-state index contributed by atoms with van der Waals surface area (Å²) < 4.78 is 35.4. The molecule has 2 saturated carbocycles. The highest BCUT2D eigenvalue weighted by Crippen LogP contribution is 2.30. The van der Waals surface area contributed by atoms with Gasteiger partial charge in [0.05, 0.1) is 24.3 Å². The van der Waals surface area contributed by atoms with Gasteiger partial charge in [-0.2, -0.15) is 0 Å². The highest BCUT2D eigenvalue weighted by atomic mass is 16.7. The molecule has 2 amide bonds. The maximum Gasteiger partial charge on any atom is 0.220 e. The first-order valence-electron chi connectivity index (χ1n) is 22.9. The van der Waals surface area contributed by atoms with Crippen molar-refractivity contribution in [3.63, 3.8) is 0 Å². The summed E-state index contributed by atoms with van der Waals surface area (Å²) >= 11 is 0. The van der Waals surface area contributed by atoms with Crippen molar-refractivity contribution in [2.75, 3.05) is 39.4 Å². The molecular weight excluding hydrogens is 844 g/mol. The van der Waals surface area contributed by atoms with Crippen molar-refractivity contribution in [1.29, 1.82) is 0 Å². The molecule has 2 aliphatic heterocycles. The summed E-state index contributed by atoms with van der Waals surface area (Å²) in [6.07, 6.45) is -8.32. The van der Waals surface area contributed by atoms with Gasteiger partial charge in [-0.3, -0.25) is 9.59 Å². The van der Waals surface area contributed by atoms with Crippen LogP contribution in [0.25, 0.3) is 0 Å². The number of unbranched alkanes of at least 4 members (excludes halogenated alkanes) is 6. The SMILES string of the molecule is NCC1OC(OC2C(N)CC(N)C(O)C2O)C(N)C(O)C1OCCCCCCNC(=O)CCC(=O)NCCCCCCOC1C(CN)OC(OC2C(N)CC(N)C(O)C2O)C(N)C1O. The molecule has 24 N–H and O–H groups in total. The summed E-state index contributed by atoms with van der Waals surface area (Å²) in [4.78, 5) is 24.6. The van der Waals surface area contributed by atoms with Crippen LogP contribution in [-0.4, -0.2) is 204 Å². The predicted octanol–water partition coefficient (Wildman–Crippen LogP) is -7.04. The Bertz CT molecular complexity index is 1270. The molecule has 64 heavy (non-hydrogen) atoms. The monoisotopic (exact) mass is 925 g/mol. The third-order valence-corrected chi connectivity index (χ3v) is 12.7. The van der Waals surface area contributed by atoms with Crippen molar-refractivity contribution in [2.24, 2.45) is 45.9 Å². The van der Waals surface area contributed by atoms with Gasteiger partial charge in [-0.05, 0) is 38.5 Å². The first-order chi connectivity index (χ1) is 30.5. The van der Waals surface area contributed by atoms with E-state index in [0.29, 0.717) is 39.1 Å². The summed E-state index contributed by atoms with van der Waals surface area (Å²) in [5, 5.41) is 68.8. The van der Waals surface area contributed by atoms with Crippen LogP contribution in [-0.2, 0) is 38.0 Å². The number of amides is 2. The van der Waals surface area contributed by atoms with Crippen LogP contribution in [0.1, 0.15) is 77.0 Å². The molecule has 374 valence electrons. The van der Waals surface area contributed by atoms with Crippen molar-refractivity contribution in [3.05, 3.63) is 0 Å². The largest absolute Gasteiger partial charge is 0.389 e. The van der Waals surface area contributed by atoms with Gasteiger partial charge in [-0.25, -0.2) is 0 Å². The lowest BCUT2D eigenvalue weighted by Gasteiger charge is -2.46. The van der Waals surface area contributed by atoms with E-state index in [1.165, 1.54) is 0 Å². The standard InChI is InChI=1S/C40H80N10O14/c41-17-23-37(31(55)27(47)39(61-23)63-35-21(45)15-19(43)29(53)33(35)57)59-13-7-3-1-5-11-49-25(51)9-10-26(52)50-12-6-2-4-8-14-60-38-24(18-42)62-40(28(48)32(38)56)64-36-22(46)16-20(44)30(54)34(36)58/h19-24,27-40,53-58H,1-18,41-48H2,(H,49,51)(H,50,52). The van der Waals surface area contributed by atoms with Crippen molar-refractivity contribution in [2.45, 2.75) is 199 Å². The molecule has 4 fully saturated rings. The van der Waals surface area contributed by atoms with Gasteiger partial charge in [0.2, 0.25) is 11.8 Å². The fourth-order valence-electron chi connectivity index (χ4n) is 8.63. The molecule has 0 radical (unpaired) electrons. The Labute approximate surface area is 375 Å². The molecule has 20 unspecified atom stereocenters. The summed E-state index contributed by atoms with van der Waals surface area (Å²) in [7, 11) is 0. The average Bonchev–Trinajstić information content (AvgIpc) is 3.27. The molecule has 4 aliphatic rings. The number of hydrogen-bond donors (Lipinski definition) is 16. The van der Waals surface area contributed by atoms with E-state index in [9.17, 15) is 40.2 Å². The van der Waals surface area contributed by atoms with E-state index in [2.05, 4.69) is 10.6 Å². The smallest absolute Gasteiger partial charge is 0.220 e. The van der Waals surface area contributed by atoms with Gasteiger partial charge in [0.1, 0.15) is 61.0 Å². The normalized spacial score (nSPS) is 40.5. The van der Waals surface area contributed by atoms with E-state index in [-0.39, 0.29) is 50.6 Å². The quantitative estimate of drug-likeness (QED) is 0.0378. The van der Waals surface area contributed by atoms with Crippen LogP contribution in [0.4, 0.5) is 0 Å². The number of ether oxygens (including phenoxy) is 6. The summed E-state index contributed by atoms with van der Waals surface area (Å²) in [5.74, 6) is -0.412. The van der Waals surface area contributed by atoms with Gasteiger partial charge in [0, 0.05) is 76.4 Å². The van der Waals surface area contributed by atoms with Crippen LogP contribution in [0.15, 0.2) is 0 Å². The Morgan fingerprint density at radius 3 is 1.20 bits per heavy atom. The van der Waals surface area contributed by atoms with Crippen molar-refractivity contribution in [1.82, 2.24) is 10.6 Å². The Balaban J connectivity index is 0.980. The topological polar surface area (TPSA) is 443 Å². The zero-order chi connectivity index (χ0) is 47.1. The minimum Gasteiger partial charge on any atom is -0.389 e. The van der Waals surface area contributed by atoms with Crippen molar-refractivity contribution < 1.29 is 68.6 Å². The molecule has 0 spiro atoms. The zero-order valence-corrected chi connectivity index (χ0v) is 36.8. The van der Waals surface area contributed by atoms with Crippen LogP contribution in [0.3, 0.4) is 0 Å². The second-order valence-electron chi connectivity index (χ2n) is 17.7.